The number of aliphatic hydroxyl groups is 1. The Morgan fingerprint density at radius 2 is 2.25 bits per heavy atom. The van der Waals surface area contributed by atoms with Crippen LogP contribution in [-0.2, 0) is 4.79 Å². The molecule has 0 spiro atoms. The van der Waals surface area contributed by atoms with Crippen LogP contribution in [0.4, 0.5) is 5.69 Å². The van der Waals surface area contributed by atoms with E-state index in [0.29, 0.717) is 24.4 Å². The van der Waals surface area contributed by atoms with Crippen molar-refractivity contribution in [2.75, 3.05) is 18.9 Å². The molecule has 0 aliphatic carbocycles. The molecule has 5 heteroatoms. The Morgan fingerprint density at radius 3 is 2.85 bits per heavy atom. The smallest absolute Gasteiger partial charge is 0.244 e. The number of nitrogens with one attached hydrogen (secondary N) is 1. The highest BCUT2D eigenvalue weighted by molar-refractivity contribution is 5.91. The van der Waals surface area contributed by atoms with Gasteiger partial charge < -0.3 is 20.9 Å². The summed E-state index contributed by atoms with van der Waals surface area (Å²) in [6.07, 6.45) is 3.74. The number of hydrogen-bond donors (Lipinski definition) is 3. The molecule has 1 rings (SSSR count). The largest absolute Gasteiger partial charge is 0.489 e. The van der Waals surface area contributed by atoms with E-state index in [-0.39, 0.29) is 18.6 Å². The van der Waals surface area contributed by atoms with Gasteiger partial charge in [0.1, 0.15) is 5.75 Å². The second kappa shape index (κ2) is 8.22. The number of nitrogens with two attached hydrogens (primary N) is 1. The van der Waals surface area contributed by atoms with Gasteiger partial charge in [0.25, 0.3) is 0 Å². The summed E-state index contributed by atoms with van der Waals surface area (Å²) in [7, 11) is 0. The number of ether oxygens (including phenoxy) is 1. The van der Waals surface area contributed by atoms with Gasteiger partial charge in [-0.05, 0) is 44.0 Å². The third-order valence-corrected chi connectivity index (χ3v) is 2.46. The zero-order valence-electron chi connectivity index (χ0n) is 11.9. The molecule has 0 bridgehead atoms. The van der Waals surface area contributed by atoms with Gasteiger partial charge in [-0.25, -0.2) is 0 Å². The summed E-state index contributed by atoms with van der Waals surface area (Å²) < 4.78 is 5.54. The minimum atomic E-state index is -0.195. The van der Waals surface area contributed by atoms with Crippen molar-refractivity contribution in [1.29, 1.82) is 0 Å². The fourth-order valence-corrected chi connectivity index (χ4v) is 1.55. The number of benzene rings is 1. The summed E-state index contributed by atoms with van der Waals surface area (Å²) in [6.45, 7) is 4.40. The van der Waals surface area contributed by atoms with E-state index >= 15 is 0 Å². The van der Waals surface area contributed by atoms with E-state index in [1.165, 1.54) is 6.08 Å². The number of nitrogen functional groups attached to an aromatic ring is 1. The van der Waals surface area contributed by atoms with Gasteiger partial charge in [-0.2, -0.15) is 0 Å². The zero-order valence-corrected chi connectivity index (χ0v) is 11.9. The lowest BCUT2D eigenvalue weighted by molar-refractivity contribution is -0.116. The molecule has 0 unspecified atom stereocenters. The molecular weight excluding hydrogens is 256 g/mol. The maximum absolute atomic E-state index is 11.5. The maximum atomic E-state index is 11.5. The van der Waals surface area contributed by atoms with Crippen molar-refractivity contribution in [2.24, 2.45) is 0 Å². The lowest BCUT2D eigenvalue weighted by Gasteiger charge is -2.12. The van der Waals surface area contributed by atoms with Crippen molar-refractivity contribution in [1.82, 2.24) is 5.32 Å². The van der Waals surface area contributed by atoms with Crippen LogP contribution in [0.15, 0.2) is 24.3 Å². The number of carbonyl (C=O) groups is 1. The molecule has 1 aromatic carbocycles. The minimum Gasteiger partial charge on any atom is -0.489 e. The lowest BCUT2D eigenvalue weighted by Crippen LogP contribution is -2.22. The number of carbonyl (C=O) groups excluding carboxylic acids is 1. The summed E-state index contributed by atoms with van der Waals surface area (Å²) >= 11 is 0. The highest BCUT2D eigenvalue weighted by atomic mass is 16.5. The van der Waals surface area contributed by atoms with Crippen LogP contribution in [0, 0.1) is 0 Å². The van der Waals surface area contributed by atoms with Gasteiger partial charge in [0.2, 0.25) is 5.91 Å². The fraction of sp³-hybridized carbons (Fsp3) is 0.400. The Labute approximate surface area is 119 Å². The predicted octanol–water partition coefficient (Wildman–Crippen LogP) is 1.57. The van der Waals surface area contributed by atoms with Gasteiger partial charge >= 0.3 is 0 Å². The van der Waals surface area contributed by atoms with Crippen LogP contribution in [0.3, 0.4) is 0 Å². The average Bonchev–Trinajstić information content (AvgIpc) is 2.39. The normalized spacial score (nSPS) is 11.0. The lowest BCUT2D eigenvalue weighted by atomic mass is 10.1. The van der Waals surface area contributed by atoms with Crippen LogP contribution in [-0.4, -0.2) is 30.3 Å². The van der Waals surface area contributed by atoms with Crippen LogP contribution in [0.1, 0.15) is 25.8 Å². The molecule has 0 saturated carbocycles. The van der Waals surface area contributed by atoms with Crippen LogP contribution < -0.4 is 15.8 Å². The highest BCUT2D eigenvalue weighted by Crippen LogP contribution is 2.24. The number of rotatable bonds is 7. The molecule has 0 aliphatic rings. The molecule has 0 radical (unpaired) electrons. The van der Waals surface area contributed by atoms with Crippen molar-refractivity contribution < 1.29 is 14.6 Å². The SMILES string of the molecule is CC(C)Oc1ccc(/C=C\C(=O)NCCCO)cc1N. The van der Waals surface area contributed by atoms with Crippen molar-refractivity contribution >= 4 is 17.7 Å². The Kier molecular flexibility index (Phi) is 6.59. The highest BCUT2D eigenvalue weighted by Gasteiger charge is 2.03. The molecule has 1 amide bonds. The van der Waals surface area contributed by atoms with Gasteiger partial charge in [0, 0.05) is 19.2 Å². The molecule has 0 fully saturated rings. The summed E-state index contributed by atoms with van der Waals surface area (Å²) in [5.74, 6) is 0.448. The Balaban J connectivity index is 2.60. The predicted molar refractivity (Wildman–Crippen MR) is 80.4 cm³/mol. The second-order valence-corrected chi connectivity index (χ2v) is 4.67. The van der Waals surface area contributed by atoms with E-state index in [1.807, 2.05) is 19.9 Å². The first kappa shape index (κ1) is 16.0. The van der Waals surface area contributed by atoms with E-state index in [1.54, 1.807) is 18.2 Å². The van der Waals surface area contributed by atoms with Gasteiger partial charge in [0.05, 0.1) is 11.8 Å². The number of anilines is 1. The topological polar surface area (TPSA) is 84.6 Å². The summed E-state index contributed by atoms with van der Waals surface area (Å²) in [5, 5.41) is 11.3. The summed E-state index contributed by atoms with van der Waals surface area (Å²) in [6, 6.07) is 5.39. The molecule has 5 nitrogen and oxygen atoms in total. The Morgan fingerprint density at radius 1 is 1.50 bits per heavy atom. The van der Waals surface area contributed by atoms with Gasteiger partial charge in [-0.3, -0.25) is 4.79 Å². The van der Waals surface area contributed by atoms with E-state index < -0.39 is 0 Å². The van der Waals surface area contributed by atoms with Crippen molar-refractivity contribution in [3.8, 4) is 5.75 Å². The van der Waals surface area contributed by atoms with Gasteiger partial charge in [0.15, 0.2) is 0 Å². The summed E-state index contributed by atoms with van der Waals surface area (Å²) in [4.78, 5) is 11.5. The standard InChI is InChI=1S/C15H22N2O3/c1-11(2)20-14-6-4-12(10-13(14)16)5-7-15(19)17-8-3-9-18/h4-7,10-11,18H,3,8-9,16H2,1-2H3,(H,17,19)/b7-5-. The zero-order chi connectivity index (χ0) is 15.0. The second-order valence-electron chi connectivity index (χ2n) is 4.67. The van der Waals surface area contributed by atoms with Gasteiger partial charge in [-0.15, -0.1) is 0 Å². The van der Waals surface area contributed by atoms with Crippen molar-refractivity contribution in [3.63, 3.8) is 0 Å². The first-order chi connectivity index (χ1) is 9.52. The first-order valence-corrected chi connectivity index (χ1v) is 6.66. The van der Waals surface area contributed by atoms with E-state index in [0.717, 1.165) is 5.56 Å². The van der Waals surface area contributed by atoms with Crippen molar-refractivity contribution in [3.05, 3.63) is 29.8 Å². The van der Waals surface area contributed by atoms with Gasteiger partial charge in [-0.1, -0.05) is 6.07 Å². The van der Waals surface area contributed by atoms with E-state index in [2.05, 4.69) is 5.32 Å². The summed E-state index contributed by atoms with van der Waals surface area (Å²) in [5.41, 5.74) is 7.26. The molecule has 0 aromatic heterocycles. The third-order valence-electron chi connectivity index (χ3n) is 2.46. The molecular formula is C15H22N2O3. The fourth-order valence-electron chi connectivity index (χ4n) is 1.55. The Hall–Kier alpha value is -2.01. The minimum absolute atomic E-state index is 0.0657. The van der Waals surface area contributed by atoms with Crippen LogP contribution in [0.25, 0.3) is 6.08 Å². The molecule has 0 aliphatic heterocycles. The molecule has 0 saturated heterocycles. The first-order valence-electron chi connectivity index (χ1n) is 6.66. The Bertz CT molecular complexity index is 470. The van der Waals surface area contributed by atoms with E-state index in [4.69, 9.17) is 15.6 Å². The van der Waals surface area contributed by atoms with E-state index in [9.17, 15) is 4.79 Å². The molecule has 0 heterocycles. The molecule has 4 N–H and O–H groups in total. The monoisotopic (exact) mass is 278 g/mol. The molecule has 0 atom stereocenters. The average molecular weight is 278 g/mol. The maximum Gasteiger partial charge on any atom is 0.244 e. The van der Waals surface area contributed by atoms with Crippen molar-refractivity contribution in [2.45, 2.75) is 26.4 Å². The number of aliphatic hydroxyl groups excluding tert-OH is 1. The molecule has 20 heavy (non-hydrogen) atoms. The van der Waals surface area contributed by atoms with Crippen LogP contribution in [0.5, 0.6) is 5.75 Å². The van der Waals surface area contributed by atoms with Crippen LogP contribution >= 0.6 is 0 Å². The van der Waals surface area contributed by atoms with Crippen LogP contribution in [0.2, 0.25) is 0 Å². The number of hydrogen-bond acceptors (Lipinski definition) is 4. The third kappa shape index (κ3) is 5.75. The molecule has 1 aromatic rings. The number of amides is 1. The quantitative estimate of drug-likeness (QED) is 0.401. The molecule has 110 valence electrons.